The van der Waals surface area contributed by atoms with Gasteiger partial charge in [0, 0.05) is 6.42 Å². The molecular weight excluding hydrogens is 127 g/mol. The summed E-state index contributed by atoms with van der Waals surface area (Å²) in [6.07, 6.45) is 4.33. The highest BCUT2D eigenvalue weighted by Gasteiger charge is 2.10. The van der Waals surface area contributed by atoms with Gasteiger partial charge in [-0.3, -0.25) is 0 Å². The van der Waals surface area contributed by atoms with Gasteiger partial charge >= 0.3 is 0 Å². The molecule has 0 radical (unpaired) electrons. The van der Waals surface area contributed by atoms with Gasteiger partial charge in [0.15, 0.2) is 0 Å². The molecule has 0 spiro atoms. The second-order valence-corrected chi connectivity index (χ2v) is 4.97. The van der Waals surface area contributed by atoms with Gasteiger partial charge in [-0.25, -0.2) is 0 Å². The van der Waals surface area contributed by atoms with Gasteiger partial charge in [-0.1, -0.05) is 0 Å². The first-order valence-electron chi connectivity index (χ1n) is 2.17. The molecule has 38 valence electrons. The fourth-order valence-corrected chi connectivity index (χ4v) is 2.54. The minimum Gasteiger partial charge on any atom is -0.165 e. The Balaban J connectivity index is 2.77. The van der Waals surface area contributed by atoms with E-state index in [9.17, 15) is 4.21 Å². The van der Waals surface area contributed by atoms with Gasteiger partial charge in [0.2, 0.25) is 6.70 Å². The summed E-state index contributed by atoms with van der Waals surface area (Å²) < 4.78 is 10.0. The lowest BCUT2D eigenvalue weighted by molar-refractivity contribution is 0.701. The van der Waals surface area contributed by atoms with Gasteiger partial charge in [0.25, 0.3) is 10.8 Å². The zero-order chi connectivity index (χ0) is 5.11. The van der Waals surface area contributed by atoms with Crippen LogP contribution in [0.25, 0.3) is 0 Å². The molecule has 0 aromatic heterocycles. The van der Waals surface area contributed by atoms with Crippen LogP contribution in [0.2, 0.25) is 0 Å². The van der Waals surface area contributed by atoms with Crippen LogP contribution in [0.5, 0.6) is 0 Å². The topological polar surface area (TPSA) is 17.1 Å². The summed E-state index contributed by atoms with van der Waals surface area (Å²) in [4.78, 5) is 0. The molecule has 1 atom stereocenters. The minimum absolute atomic E-state index is 0.262. The Morgan fingerprint density at radius 1 is 1.71 bits per heavy atom. The van der Waals surface area contributed by atoms with Crippen LogP contribution in [0.4, 0.5) is 0 Å². The summed E-state index contributed by atoms with van der Waals surface area (Å²) in [5, 5.41) is 0. The highest BCUT2D eigenvalue weighted by Crippen LogP contribution is 2.30. The molecule has 0 fully saturated rings. The molecule has 1 aliphatic rings. The zero-order valence-corrected chi connectivity index (χ0v) is 5.54. The number of allylic oxidation sites excluding steroid dienone is 1. The predicted molar refractivity (Wildman–Crippen MR) is 33.7 cm³/mol. The van der Waals surface area contributed by atoms with Gasteiger partial charge in [0.05, 0.1) is 0 Å². The van der Waals surface area contributed by atoms with Crippen LogP contribution in [-0.2, 0) is 10.8 Å². The van der Waals surface area contributed by atoms with Crippen LogP contribution >= 0.6 is 6.70 Å². The summed E-state index contributed by atoms with van der Waals surface area (Å²) in [5.41, 5.74) is 0. The highest BCUT2D eigenvalue weighted by atomic mass is 32.5. The van der Waals surface area contributed by atoms with Gasteiger partial charge in [-0.2, -0.15) is 4.21 Å². The van der Waals surface area contributed by atoms with E-state index >= 15 is 0 Å². The van der Waals surface area contributed by atoms with Crippen molar-refractivity contribution in [2.45, 2.75) is 6.42 Å². The van der Waals surface area contributed by atoms with Crippen molar-refractivity contribution >= 4 is 17.5 Å². The van der Waals surface area contributed by atoms with Gasteiger partial charge < -0.3 is 0 Å². The van der Waals surface area contributed by atoms with E-state index in [0.717, 1.165) is 23.4 Å². The molecule has 1 unspecified atom stereocenters. The lowest BCUT2D eigenvalue weighted by Crippen LogP contribution is -1.59. The zero-order valence-electron chi connectivity index (χ0n) is 3.83. The van der Waals surface area contributed by atoms with Crippen LogP contribution in [0.15, 0.2) is 11.9 Å². The Bertz CT molecular complexity index is 146. The van der Waals surface area contributed by atoms with Crippen molar-refractivity contribution in [2.24, 2.45) is 0 Å². The van der Waals surface area contributed by atoms with Crippen LogP contribution in [-0.4, -0.2) is 10.4 Å². The lowest BCUT2D eigenvalue weighted by Gasteiger charge is -1.61. The Morgan fingerprint density at radius 2 is 2.57 bits per heavy atom. The molecule has 0 saturated heterocycles. The van der Waals surface area contributed by atoms with E-state index in [4.69, 9.17) is 0 Å². The van der Waals surface area contributed by atoms with E-state index in [-0.39, 0.29) is 6.70 Å². The average Bonchev–Trinajstić information content (AvgIpc) is 2.14. The molecule has 7 heavy (non-hydrogen) atoms. The van der Waals surface area contributed by atoms with Crippen molar-refractivity contribution in [1.29, 1.82) is 0 Å². The fourth-order valence-electron chi connectivity index (χ4n) is 0.531. The number of rotatable bonds is 0. The fraction of sp³-hybridized carbons (Fsp3) is 0.500. The number of hydrogen-bond acceptors (Lipinski definition) is 1. The molecule has 0 bridgehead atoms. The Labute approximate surface area is 46.9 Å². The summed E-state index contributed by atoms with van der Waals surface area (Å²) in [5.74, 6) is 2.05. The second-order valence-electron chi connectivity index (χ2n) is 1.39. The molecule has 1 aliphatic heterocycles. The highest BCUT2D eigenvalue weighted by molar-refractivity contribution is 8.10. The quantitative estimate of drug-likeness (QED) is 0.458. The first kappa shape index (κ1) is 5.20. The Kier molecular flexibility index (Phi) is 1.77. The third kappa shape index (κ3) is 1.22. The van der Waals surface area contributed by atoms with Crippen molar-refractivity contribution in [3.8, 4) is 0 Å². The smallest absolute Gasteiger partial charge is 0.165 e. The maximum atomic E-state index is 10.0. The monoisotopic (exact) mass is 133 g/mol. The molecule has 1 heterocycles. The largest absolute Gasteiger partial charge is 0.296 e. The maximum Gasteiger partial charge on any atom is 0.296 e. The summed E-state index contributed by atoms with van der Waals surface area (Å²) in [6, 6.07) is 0. The van der Waals surface area contributed by atoms with Crippen LogP contribution in [0.3, 0.4) is 0 Å². The predicted octanol–water partition coefficient (Wildman–Crippen LogP) is 1.51. The molecule has 1 rings (SSSR count). The first-order valence-corrected chi connectivity index (χ1v) is 5.11. The van der Waals surface area contributed by atoms with Crippen molar-refractivity contribution in [3.05, 3.63) is 11.9 Å². The normalized spacial score (nSPS) is 23.1. The van der Waals surface area contributed by atoms with E-state index < -0.39 is 0 Å². The molecule has 0 aliphatic carbocycles. The van der Waals surface area contributed by atoms with Crippen LogP contribution in [0.1, 0.15) is 6.42 Å². The Morgan fingerprint density at radius 3 is 2.86 bits per heavy atom. The molecule has 0 amide bonds. The van der Waals surface area contributed by atoms with E-state index in [1.54, 1.807) is 0 Å². The van der Waals surface area contributed by atoms with Crippen LogP contribution in [0, 0.1) is 0 Å². The van der Waals surface area contributed by atoms with Crippen molar-refractivity contribution in [2.75, 3.05) is 6.16 Å². The van der Waals surface area contributed by atoms with E-state index in [2.05, 4.69) is 6.08 Å². The molecule has 0 aromatic rings. The maximum absolute atomic E-state index is 10.0. The van der Waals surface area contributed by atoms with Crippen LogP contribution < -0.4 is 0 Å². The first-order chi connectivity index (χ1) is 3.43. The van der Waals surface area contributed by atoms with Gasteiger partial charge in [-0.05, 0) is 6.08 Å². The summed E-state index contributed by atoms with van der Waals surface area (Å²) >= 11 is 0. The molecule has 0 N–H and O–H groups in total. The molecule has 1 nitrogen and oxygen atoms in total. The molecular formula is C4H6OPS+. The molecule has 0 saturated carbocycles. The Hall–Kier alpha value is 0.0600. The average molecular weight is 133 g/mol. The third-order valence-electron chi connectivity index (χ3n) is 0.884. The van der Waals surface area contributed by atoms with Crippen molar-refractivity contribution in [1.82, 2.24) is 0 Å². The van der Waals surface area contributed by atoms with E-state index in [1.807, 2.05) is 5.82 Å². The minimum atomic E-state index is -0.262. The summed E-state index contributed by atoms with van der Waals surface area (Å²) in [7, 11) is 0.760. The standard InChI is InChI=1S/C4H6OPS/c5-7-6-3-1-2-4-6/h1,3H,2,4H2/q+1. The summed E-state index contributed by atoms with van der Waals surface area (Å²) in [6.45, 7) is -0.262. The van der Waals surface area contributed by atoms with E-state index in [1.165, 1.54) is 0 Å². The van der Waals surface area contributed by atoms with E-state index in [0.29, 0.717) is 0 Å². The lowest BCUT2D eigenvalue weighted by atomic mass is 10.5. The molecule has 0 aromatic carbocycles. The third-order valence-corrected chi connectivity index (χ3v) is 3.80. The SMILES string of the molecule is O=S=[P+]1C=CCC1. The van der Waals surface area contributed by atoms with Gasteiger partial charge in [0.1, 0.15) is 12.0 Å². The van der Waals surface area contributed by atoms with Crippen molar-refractivity contribution < 1.29 is 4.21 Å². The second kappa shape index (κ2) is 2.39. The number of hydrogen-bond donors (Lipinski definition) is 0. The van der Waals surface area contributed by atoms with Gasteiger partial charge in [-0.15, -0.1) is 0 Å². The molecule has 3 heteroatoms. The van der Waals surface area contributed by atoms with Crippen molar-refractivity contribution in [3.63, 3.8) is 0 Å².